The Hall–Kier alpha value is -3.31. The van der Waals surface area contributed by atoms with Gasteiger partial charge in [-0.15, -0.1) is 0 Å². The van der Waals surface area contributed by atoms with Crippen LogP contribution in [0.25, 0.3) is 10.8 Å². The minimum absolute atomic E-state index is 0.0367. The molecule has 1 aromatic heterocycles. The van der Waals surface area contributed by atoms with E-state index in [-0.39, 0.29) is 36.0 Å². The van der Waals surface area contributed by atoms with Crippen molar-refractivity contribution in [2.24, 2.45) is 23.5 Å². The molecule has 0 unspecified atom stereocenters. The van der Waals surface area contributed by atoms with Gasteiger partial charge in [0, 0.05) is 35.9 Å². The summed E-state index contributed by atoms with van der Waals surface area (Å²) in [5.41, 5.74) is 6.55. The molecule has 2 heterocycles. The van der Waals surface area contributed by atoms with Crippen LogP contribution >= 0.6 is 0 Å². The number of carbonyl (C=O) groups excluding carboxylic acids is 2. The number of hydrogen-bond donors (Lipinski definition) is 3. The topological polar surface area (TPSA) is 124 Å². The van der Waals surface area contributed by atoms with Crippen molar-refractivity contribution >= 4 is 22.6 Å². The van der Waals surface area contributed by atoms with Crippen LogP contribution in [0.5, 0.6) is 11.6 Å². The Morgan fingerprint density at radius 2 is 2.03 bits per heavy atom. The number of benzene rings is 1. The molecular formula is C27H33N3O5. The quantitative estimate of drug-likeness (QED) is 0.525. The van der Waals surface area contributed by atoms with E-state index in [1.807, 2.05) is 0 Å². The van der Waals surface area contributed by atoms with Crippen LogP contribution in [0.3, 0.4) is 0 Å². The molecule has 0 bridgehead atoms. The largest absolute Gasteiger partial charge is 0.496 e. The molecule has 1 aliphatic carbocycles. The summed E-state index contributed by atoms with van der Waals surface area (Å²) < 4.78 is 11.5. The molecular weight excluding hydrogens is 446 g/mol. The van der Waals surface area contributed by atoms with E-state index in [2.05, 4.69) is 29.1 Å². The van der Waals surface area contributed by atoms with Crippen LogP contribution < -0.4 is 20.5 Å². The van der Waals surface area contributed by atoms with Crippen LogP contribution in [0.4, 0.5) is 0 Å². The Morgan fingerprint density at radius 3 is 2.69 bits per heavy atom. The predicted octanol–water partition coefficient (Wildman–Crippen LogP) is 2.79. The molecule has 0 spiro atoms. The Balaban J connectivity index is 1.67. The fourth-order valence-corrected chi connectivity index (χ4v) is 5.03. The summed E-state index contributed by atoms with van der Waals surface area (Å²) in [5, 5.41) is 13.7. The minimum Gasteiger partial charge on any atom is -0.496 e. The Labute approximate surface area is 205 Å². The van der Waals surface area contributed by atoms with E-state index >= 15 is 0 Å². The number of carbonyl (C=O) groups is 2. The molecule has 2 aromatic rings. The number of methoxy groups -OCH3 is 1. The van der Waals surface area contributed by atoms with Gasteiger partial charge in [-0.3, -0.25) is 9.59 Å². The van der Waals surface area contributed by atoms with Crippen LogP contribution in [-0.4, -0.2) is 48.3 Å². The smallest absolute Gasteiger partial charge is 0.252 e. The van der Waals surface area contributed by atoms with Crippen molar-refractivity contribution < 1.29 is 24.2 Å². The lowest BCUT2D eigenvalue weighted by atomic mass is 9.82. The van der Waals surface area contributed by atoms with E-state index in [0.717, 1.165) is 32.1 Å². The number of rotatable bonds is 7. The average Bonchev–Trinajstić information content (AvgIpc) is 3.25. The van der Waals surface area contributed by atoms with Gasteiger partial charge >= 0.3 is 0 Å². The summed E-state index contributed by atoms with van der Waals surface area (Å²) in [7, 11) is 1.48. The Kier molecular flexibility index (Phi) is 7.76. The van der Waals surface area contributed by atoms with Crippen molar-refractivity contribution in [1.82, 2.24) is 10.3 Å². The second kappa shape index (κ2) is 11.0. The maximum absolute atomic E-state index is 12.1. The third-order valence-corrected chi connectivity index (χ3v) is 7.24. The number of pyridine rings is 1. The molecule has 2 atom stereocenters. The van der Waals surface area contributed by atoms with E-state index in [4.69, 9.17) is 15.2 Å². The van der Waals surface area contributed by atoms with Gasteiger partial charge in [-0.1, -0.05) is 25.2 Å². The number of primary amides is 1. The summed E-state index contributed by atoms with van der Waals surface area (Å²) in [6.45, 7) is 2.59. The first-order valence-corrected chi connectivity index (χ1v) is 12.3. The average molecular weight is 480 g/mol. The third-order valence-electron chi connectivity index (χ3n) is 7.24. The van der Waals surface area contributed by atoms with Gasteiger partial charge < -0.3 is 25.6 Å². The number of ether oxygens (including phenoxy) is 2. The molecule has 186 valence electrons. The zero-order valence-corrected chi connectivity index (χ0v) is 20.3. The monoisotopic (exact) mass is 479 g/mol. The van der Waals surface area contributed by atoms with Gasteiger partial charge in [0.15, 0.2) is 0 Å². The maximum Gasteiger partial charge on any atom is 0.252 e. The molecule has 2 aliphatic rings. The number of hydrogen-bond acceptors (Lipinski definition) is 6. The standard InChI is InChI=1S/C27H33N3O5/c1-3-18-10-25(32)30-23(18)15-35-27-21-12-24(34-2)22(26(28)33)11-20(21)19(13-29-27)9-8-16-4-6-17(14-31)7-5-16/h11-13,16-18,23,31H,3-7,10,14-15H2,1-2H3,(H2,28,33)(H,30,32)/t16?,17?,18-,23-/m1/s1. The highest BCUT2D eigenvalue weighted by Crippen LogP contribution is 2.34. The number of aliphatic hydroxyl groups is 1. The van der Waals surface area contributed by atoms with E-state index in [1.165, 1.54) is 7.11 Å². The Bertz CT molecular complexity index is 1160. The van der Waals surface area contributed by atoms with E-state index in [9.17, 15) is 14.7 Å². The van der Waals surface area contributed by atoms with Gasteiger partial charge in [0.1, 0.15) is 12.4 Å². The number of nitrogens with two attached hydrogens (primary N) is 1. The summed E-state index contributed by atoms with van der Waals surface area (Å²) in [6.07, 6.45) is 6.90. The van der Waals surface area contributed by atoms with Crippen LogP contribution in [0.2, 0.25) is 0 Å². The molecule has 35 heavy (non-hydrogen) atoms. The molecule has 4 N–H and O–H groups in total. The zero-order chi connectivity index (χ0) is 24.9. The highest BCUT2D eigenvalue weighted by Gasteiger charge is 2.31. The molecule has 1 aromatic carbocycles. The van der Waals surface area contributed by atoms with Gasteiger partial charge in [0.25, 0.3) is 5.91 Å². The fourth-order valence-electron chi connectivity index (χ4n) is 5.03. The summed E-state index contributed by atoms with van der Waals surface area (Å²) >= 11 is 0. The van der Waals surface area contributed by atoms with Crippen LogP contribution in [0.1, 0.15) is 61.4 Å². The predicted molar refractivity (Wildman–Crippen MR) is 132 cm³/mol. The van der Waals surface area contributed by atoms with E-state index < -0.39 is 5.91 Å². The number of aromatic nitrogens is 1. The number of aliphatic hydroxyl groups excluding tert-OH is 1. The maximum atomic E-state index is 12.1. The third kappa shape index (κ3) is 5.51. The lowest BCUT2D eigenvalue weighted by Gasteiger charge is -2.23. The van der Waals surface area contributed by atoms with Gasteiger partial charge in [-0.2, -0.15) is 0 Å². The first-order valence-electron chi connectivity index (χ1n) is 12.3. The van der Waals surface area contributed by atoms with Crippen LogP contribution in [-0.2, 0) is 4.79 Å². The number of nitrogens with one attached hydrogen (secondary N) is 1. The number of fused-ring (bicyclic) bond motifs is 1. The highest BCUT2D eigenvalue weighted by atomic mass is 16.5. The van der Waals surface area contributed by atoms with E-state index in [0.29, 0.717) is 46.9 Å². The van der Waals surface area contributed by atoms with Crippen molar-refractivity contribution in [1.29, 1.82) is 0 Å². The van der Waals surface area contributed by atoms with Gasteiger partial charge in [0.2, 0.25) is 11.8 Å². The first-order chi connectivity index (χ1) is 16.9. The van der Waals surface area contributed by atoms with Gasteiger partial charge in [-0.25, -0.2) is 4.98 Å². The molecule has 1 aliphatic heterocycles. The van der Waals surface area contributed by atoms with Crippen molar-refractivity contribution in [2.45, 2.75) is 51.5 Å². The molecule has 8 nitrogen and oxygen atoms in total. The summed E-state index contributed by atoms with van der Waals surface area (Å²) in [5.74, 6) is 7.63. The van der Waals surface area contributed by atoms with Crippen molar-refractivity contribution in [3.05, 3.63) is 29.5 Å². The second-order valence-corrected chi connectivity index (χ2v) is 9.47. The molecule has 0 radical (unpaired) electrons. The van der Waals surface area contributed by atoms with Crippen LogP contribution in [0.15, 0.2) is 18.3 Å². The molecule has 2 fully saturated rings. The Morgan fingerprint density at radius 1 is 1.26 bits per heavy atom. The molecule has 4 rings (SSSR count). The van der Waals surface area contributed by atoms with Gasteiger partial charge in [-0.05, 0) is 49.7 Å². The lowest BCUT2D eigenvalue weighted by molar-refractivity contribution is -0.119. The van der Waals surface area contributed by atoms with Gasteiger partial charge in [0.05, 0.1) is 24.3 Å². The summed E-state index contributed by atoms with van der Waals surface area (Å²) in [4.78, 5) is 28.5. The van der Waals surface area contributed by atoms with Crippen molar-refractivity contribution in [2.75, 3.05) is 20.3 Å². The lowest BCUT2D eigenvalue weighted by Crippen LogP contribution is -2.34. The molecule has 1 saturated heterocycles. The summed E-state index contributed by atoms with van der Waals surface area (Å²) in [6, 6.07) is 3.31. The van der Waals surface area contributed by atoms with Crippen molar-refractivity contribution in [3.8, 4) is 23.5 Å². The zero-order valence-electron chi connectivity index (χ0n) is 20.3. The SMILES string of the molecule is CC[C@@H]1CC(=O)N[C@@H]1COc1ncc(C#CC2CCC(CO)CC2)c2cc(C(N)=O)c(OC)cc12. The number of amides is 2. The minimum atomic E-state index is -0.594. The first kappa shape index (κ1) is 24.8. The molecule has 8 heteroatoms. The van der Waals surface area contributed by atoms with Crippen molar-refractivity contribution in [3.63, 3.8) is 0 Å². The fraction of sp³-hybridized carbons (Fsp3) is 0.519. The number of nitrogens with zero attached hydrogens (tertiary/aromatic N) is 1. The van der Waals surface area contributed by atoms with E-state index in [1.54, 1.807) is 18.3 Å². The molecule has 1 saturated carbocycles. The second-order valence-electron chi connectivity index (χ2n) is 9.47. The van der Waals surface area contributed by atoms with Crippen LogP contribution in [0, 0.1) is 29.6 Å². The normalized spacial score (nSPS) is 23.9. The molecule has 2 amide bonds. The highest BCUT2D eigenvalue weighted by molar-refractivity contribution is 6.03.